The van der Waals surface area contributed by atoms with Crippen molar-refractivity contribution in [3.05, 3.63) is 54.1 Å². The molecule has 0 bridgehead atoms. The van der Waals surface area contributed by atoms with Gasteiger partial charge in [-0.15, -0.1) is 0 Å². The van der Waals surface area contributed by atoms with Crippen LogP contribution in [0.3, 0.4) is 0 Å². The maximum Gasteiger partial charge on any atom is 0.310 e. The van der Waals surface area contributed by atoms with Crippen molar-refractivity contribution >= 4 is 35.1 Å². The first-order valence-electron chi connectivity index (χ1n) is 8.80. The van der Waals surface area contributed by atoms with Crippen LogP contribution in [0.2, 0.25) is 0 Å². The summed E-state index contributed by atoms with van der Waals surface area (Å²) in [6, 6.07) is 12.8. The lowest BCUT2D eigenvalue weighted by molar-refractivity contribution is -0.155. The van der Waals surface area contributed by atoms with Crippen molar-refractivity contribution in [3.8, 4) is 5.75 Å². The number of carbonyl (C=O) groups is 4. The molecule has 0 saturated heterocycles. The van der Waals surface area contributed by atoms with Gasteiger partial charge in [0.2, 0.25) is 5.91 Å². The Kier molecular flexibility index (Phi) is 5.77. The van der Waals surface area contributed by atoms with Crippen molar-refractivity contribution in [1.29, 1.82) is 0 Å². The van der Waals surface area contributed by atoms with Gasteiger partial charge in [0.05, 0.1) is 12.1 Å². The molecule has 0 aliphatic carbocycles. The van der Waals surface area contributed by atoms with Crippen LogP contribution in [0.5, 0.6) is 5.75 Å². The molecule has 2 atom stereocenters. The summed E-state index contributed by atoms with van der Waals surface area (Å²) in [5, 5.41) is 5.21. The highest BCUT2D eigenvalue weighted by Gasteiger charge is 2.31. The standard InChI is InChI=1S/C20H19N3O6/c1-11(19(26)22-13-8-6-12(7-9-13)18(21)25)28-17(24)10-16-20(27)23-14-4-2-3-5-15(14)29-16/h2-9,11,16H,10H2,1H3,(H2,21,25)(H,22,26)(H,23,27)/t11-,16-/m1/s1. The fourth-order valence-corrected chi connectivity index (χ4v) is 2.64. The smallest absolute Gasteiger partial charge is 0.310 e. The number of rotatable bonds is 6. The number of hydrogen-bond acceptors (Lipinski definition) is 6. The zero-order valence-corrected chi connectivity index (χ0v) is 15.5. The predicted octanol–water partition coefficient (Wildman–Crippen LogP) is 1.45. The number of nitrogens with one attached hydrogen (secondary N) is 2. The first-order valence-corrected chi connectivity index (χ1v) is 8.80. The van der Waals surface area contributed by atoms with Gasteiger partial charge in [0.15, 0.2) is 12.2 Å². The van der Waals surface area contributed by atoms with E-state index in [1.54, 1.807) is 24.3 Å². The highest BCUT2D eigenvalue weighted by molar-refractivity contribution is 6.00. The van der Waals surface area contributed by atoms with Crippen LogP contribution in [-0.4, -0.2) is 35.9 Å². The van der Waals surface area contributed by atoms with Gasteiger partial charge < -0.3 is 25.8 Å². The van der Waals surface area contributed by atoms with E-state index in [4.69, 9.17) is 15.2 Å². The van der Waals surface area contributed by atoms with Crippen LogP contribution in [0.4, 0.5) is 11.4 Å². The molecule has 0 radical (unpaired) electrons. The van der Waals surface area contributed by atoms with Crippen LogP contribution >= 0.6 is 0 Å². The minimum atomic E-state index is -1.10. The van der Waals surface area contributed by atoms with Gasteiger partial charge in [-0.1, -0.05) is 12.1 Å². The van der Waals surface area contributed by atoms with E-state index >= 15 is 0 Å². The number of ether oxygens (including phenoxy) is 2. The average molecular weight is 397 g/mol. The number of hydrogen-bond donors (Lipinski definition) is 3. The van der Waals surface area contributed by atoms with Crippen molar-refractivity contribution in [2.75, 3.05) is 10.6 Å². The molecule has 2 aromatic rings. The van der Waals surface area contributed by atoms with Gasteiger partial charge >= 0.3 is 5.97 Å². The second-order valence-corrected chi connectivity index (χ2v) is 6.36. The largest absolute Gasteiger partial charge is 0.478 e. The number of para-hydroxylation sites is 2. The SMILES string of the molecule is C[C@@H](OC(=O)C[C@H]1Oc2ccccc2NC1=O)C(=O)Nc1ccc(C(N)=O)cc1. The molecular formula is C20H19N3O6. The Morgan fingerprint density at radius 1 is 1.17 bits per heavy atom. The summed E-state index contributed by atoms with van der Waals surface area (Å²) >= 11 is 0. The maximum atomic E-state index is 12.2. The van der Waals surface area contributed by atoms with Gasteiger partial charge in [-0.2, -0.15) is 0 Å². The zero-order chi connectivity index (χ0) is 21.0. The summed E-state index contributed by atoms with van der Waals surface area (Å²) in [4.78, 5) is 47.5. The highest BCUT2D eigenvalue weighted by atomic mass is 16.6. The van der Waals surface area contributed by atoms with Crippen molar-refractivity contribution in [3.63, 3.8) is 0 Å². The molecule has 3 rings (SSSR count). The van der Waals surface area contributed by atoms with E-state index in [-0.39, 0.29) is 6.42 Å². The topological polar surface area (TPSA) is 137 Å². The van der Waals surface area contributed by atoms with Crippen molar-refractivity contribution in [1.82, 2.24) is 0 Å². The molecule has 1 heterocycles. The number of carbonyl (C=O) groups excluding carboxylic acids is 4. The Labute approximate surface area is 166 Å². The molecule has 1 aliphatic heterocycles. The maximum absolute atomic E-state index is 12.2. The van der Waals surface area contributed by atoms with E-state index < -0.39 is 35.9 Å². The molecule has 150 valence electrons. The molecule has 0 unspecified atom stereocenters. The number of anilines is 2. The lowest BCUT2D eigenvalue weighted by atomic mass is 10.1. The molecule has 29 heavy (non-hydrogen) atoms. The fourth-order valence-electron chi connectivity index (χ4n) is 2.64. The van der Waals surface area contributed by atoms with Gasteiger partial charge in [-0.05, 0) is 43.3 Å². The summed E-state index contributed by atoms with van der Waals surface area (Å²) in [6.07, 6.45) is -2.49. The third-order valence-corrected chi connectivity index (χ3v) is 4.17. The molecule has 9 nitrogen and oxygen atoms in total. The van der Waals surface area contributed by atoms with E-state index in [2.05, 4.69) is 10.6 Å². The highest BCUT2D eigenvalue weighted by Crippen LogP contribution is 2.29. The molecule has 1 aliphatic rings. The molecule has 4 N–H and O–H groups in total. The van der Waals surface area contributed by atoms with Crippen molar-refractivity contribution in [2.45, 2.75) is 25.6 Å². The number of esters is 1. The minimum Gasteiger partial charge on any atom is -0.478 e. The van der Waals surface area contributed by atoms with E-state index in [0.717, 1.165) is 0 Å². The van der Waals surface area contributed by atoms with Crippen LogP contribution in [0.1, 0.15) is 23.7 Å². The Morgan fingerprint density at radius 2 is 1.86 bits per heavy atom. The lowest BCUT2D eigenvalue weighted by Crippen LogP contribution is -2.40. The fraction of sp³-hybridized carbons (Fsp3) is 0.200. The van der Waals surface area contributed by atoms with E-state index in [0.29, 0.717) is 22.7 Å². The van der Waals surface area contributed by atoms with E-state index in [1.807, 2.05) is 0 Å². The molecule has 9 heteroatoms. The number of fused-ring (bicyclic) bond motifs is 1. The van der Waals surface area contributed by atoms with Gasteiger partial charge in [-0.25, -0.2) is 0 Å². The number of primary amides is 1. The van der Waals surface area contributed by atoms with Crippen LogP contribution in [0, 0.1) is 0 Å². The Hall–Kier alpha value is -3.88. The van der Waals surface area contributed by atoms with E-state index in [1.165, 1.54) is 31.2 Å². The third-order valence-electron chi connectivity index (χ3n) is 4.17. The summed E-state index contributed by atoms with van der Waals surface area (Å²) < 4.78 is 10.6. The van der Waals surface area contributed by atoms with Gasteiger partial charge in [0.1, 0.15) is 5.75 Å². The van der Waals surface area contributed by atoms with E-state index in [9.17, 15) is 19.2 Å². The van der Waals surface area contributed by atoms with Crippen LogP contribution < -0.4 is 21.1 Å². The lowest BCUT2D eigenvalue weighted by Gasteiger charge is -2.25. The zero-order valence-electron chi connectivity index (χ0n) is 15.5. The van der Waals surface area contributed by atoms with Crippen LogP contribution in [-0.2, 0) is 19.1 Å². The molecule has 0 saturated carbocycles. The Bertz CT molecular complexity index is 957. The second-order valence-electron chi connectivity index (χ2n) is 6.36. The van der Waals surface area contributed by atoms with Gasteiger partial charge in [0, 0.05) is 11.3 Å². The molecular weight excluding hydrogens is 378 g/mol. The summed E-state index contributed by atoms with van der Waals surface area (Å²) in [5.74, 6) is -1.91. The molecule has 3 amide bonds. The Morgan fingerprint density at radius 3 is 2.55 bits per heavy atom. The number of benzene rings is 2. The van der Waals surface area contributed by atoms with Crippen LogP contribution in [0.25, 0.3) is 0 Å². The normalized spacial score (nSPS) is 15.9. The van der Waals surface area contributed by atoms with Crippen LogP contribution in [0.15, 0.2) is 48.5 Å². The molecule has 2 aromatic carbocycles. The summed E-state index contributed by atoms with van der Waals surface area (Å²) in [7, 11) is 0. The first kappa shape index (κ1) is 19.9. The quantitative estimate of drug-likeness (QED) is 0.631. The molecule has 0 spiro atoms. The second kappa shape index (κ2) is 8.42. The van der Waals surface area contributed by atoms with Crippen molar-refractivity contribution in [2.24, 2.45) is 5.73 Å². The third kappa shape index (κ3) is 4.89. The minimum absolute atomic E-state index is 0.301. The van der Waals surface area contributed by atoms with Gasteiger partial charge in [-0.3, -0.25) is 19.2 Å². The summed E-state index contributed by atoms with van der Waals surface area (Å²) in [5.41, 5.74) is 6.40. The number of amides is 3. The van der Waals surface area contributed by atoms with Crippen molar-refractivity contribution < 1.29 is 28.7 Å². The monoisotopic (exact) mass is 397 g/mol. The molecule has 0 aromatic heterocycles. The number of nitrogens with two attached hydrogens (primary N) is 1. The van der Waals surface area contributed by atoms with Gasteiger partial charge in [0.25, 0.3) is 11.8 Å². The molecule has 0 fully saturated rings. The Balaban J connectivity index is 1.52. The predicted molar refractivity (Wildman–Crippen MR) is 103 cm³/mol. The first-order chi connectivity index (χ1) is 13.8. The summed E-state index contributed by atoms with van der Waals surface area (Å²) in [6.45, 7) is 1.40. The average Bonchev–Trinajstić information content (AvgIpc) is 2.68.